The van der Waals surface area contributed by atoms with Crippen molar-refractivity contribution in [2.75, 3.05) is 26.3 Å². The number of carboxylic acid groups (broad SMARTS) is 1. The summed E-state index contributed by atoms with van der Waals surface area (Å²) in [6, 6.07) is 4.35. The van der Waals surface area contributed by atoms with E-state index < -0.39 is 38.6 Å². The summed E-state index contributed by atoms with van der Waals surface area (Å²) in [5.41, 5.74) is -0.629. The lowest BCUT2D eigenvalue weighted by Crippen LogP contribution is -2.52. The van der Waals surface area contributed by atoms with Gasteiger partial charge in [-0.15, -0.1) is 0 Å². The second-order valence-corrected chi connectivity index (χ2v) is 6.35. The van der Waals surface area contributed by atoms with Gasteiger partial charge in [-0.1, -0.05) is 12.1 Å². The van der Waals surface area contributed by atoms with Crippen molar-refractivity contribution in [1.82, 2.24) is 4.90 Å². The van der Waals surface area contributed by atoms with Crippen LogP contribution in [0.5, 0.6) is 5.75 Å². The Morgan fingerprint density at radius 1 is 1.21 bits per heavy atom. The zero-order valence-corrected chi connectivity index (χ0v) is 13.0. The van der Waals surface area contributed by atoms with E-state index in [0.717, 1.165) is 12.1 Å². The maximum absolute atomic E-state index is 14.1. The minimum atomic E-state index is -5.75. The number of rotatable bonds is 5. The lowest BCUT2D eigenvalue weighted by Gasteiger charge is -2.29. The van der Waals surface area contributed by atoms with Gasteiger partial charge in [0.1, 0.15) is 5.56 Å². The number of hydrogen-bond acceptors (Lipinski definition) is 6. The van der Waals surface area contributed by atoms with Gasteiger partial charge in [-0.3, -0.25) is 4.79 Å². The number of benzene rings is 1. The number of morpholine rings is 1. The van der Waals surface area contributed by atoms with Gasteiger partial charge in [0.05, 0.1) is 13.2 Å². The molecule has 1 aliphatic heterocycles. The molecule has 0 atom stereocenters. The number of ether oxygens (including phenoxy) is 1. The highest BCUT2D eigenvalue weighted by Gasteiger charge is 2.57. The van der Waals surface area contributed by atoms with Gasteiger partial charge in [0.15, 0.2) is 5.75 Å². The number of hydrogen-bond donors (Lipinski definition) is 1. The Kier molecular flexibility index (Phi) is 5.04. The van der Waals surface area contributed by atoms with Crippen LogP contribution in [0.4, 0.5) is 8.78 Å². The Hall–Kier alpha value is -2.27. The van der Waals surface area contributed by atoms with E-state index >= 15 is 0 Å². The fourth-order valence-corrected chi connectivity index (χ4v) is 2.77. The molecule has 1 aromatic rings. The molecule has 1 aromatic carbocycles. The van der Waals surface area contributed by atoms with Crippen molar-refractivity contribution in [2.24, 2.45) is 0 Å². The maximum atomic E-state index is 14.1. The molecule has 0 bridgehead atoms. The van der Waals surface area contributed by atoms with Crippen LogP contribution in [0.1, 0.15) is 10.4 Å². The number of carboxylic acids is 1. The molecule has 1 amide bonds. The van der Waals surface area contributed by atoms with E-state index in [9.17, 15) is 26.8 Å². The van der Waals surface area contributed by atoms with Gasteiger partial charge < -0.3 is 18.9 Å². The molecular weight excluding hydrogens is 352 g/mol. The van der Waals surface area contributed by atoms with Gasteiger partial charge in [-0.05, 0) is 12.1 Å². The van der Waals surface area contributed by atoms with Gasteiger partial charge in [-0.25, -0.2) is 4.79 Å². The smallest absolute Gasteiger partial charge is 0.458 e. The van der Waals surface area contributed by atoms with Crippen molar-refractivity contribution < 1.29 is 40.8 Å². The molecule has 132 valence electrons. The van der Waals surface area contributed by atoms with Crippen molar-refractivity contribution in [3.8, 4) is 5.75 Å². The van der Waals surface area contributed by atoms with Gasteiger partial charge in [0, 0.05) is 13.1 Å². The number of para-hydroxylation sites is 1. The lowest BCUT2D eigenvalue weighted by molar-refractivity contribution is -0.151. The number of nitrogens with zero attached hydrogens (tertiary/aromatic N) is 1. The van der Waals surface area contributed by atoms with E-state index in [-0.39, 0.29) is 26.3 Å². The molecule has 1 heterocycles. The predicted octanol–water partition coefficient (Wildman–Crippen LogP) is 0.545. The Morgan fingerprint density at radius 2 is 1.79 bits per heavy atom. The molecule has 0 radical (unpaired) electrons. The lowest BCUT2D eigenvalue weighted by atomic mass is 10.2. The van der Waals surface area contributed by atoms with E-state index in [2.05, 4.69) is 4.18 Å². The van der Waals surface area contributed by atoms with Crippen LogP contribution in [0.2, 0.25) is 0 Å². The van der Waals surface area contributed by atoms with Crippen LogP contribution >= 0.6 is 0 Å². The first-order valence-electron chi connectivity index (χ1n) is 6.68. The van der Waals surface area contributed by atoms with Crippen LogP contribution in [-0.2, 0) is 19.6 Å². The maximum Gasteiger partial charge on any atom is 0.458 e. The van der Waals surface area contributed by atoms with Gasteiger partial charge in [0.2, 0.25) is 0 Å². The van der Waals surface area contributed by atoms with Crippen LogP contribution < -0.4 is 4.18 Å². The summed E-state index contributed by atoms with van der Waals surface area (Å²) < 4.78 is 61.0. The van der Waals surface area contributed by atoms with E-state index in [1.54, 1.807) is 0 Å². The standard InChI is InChI=1S/C13H13F2NO7S/c14-13(15,12(19)16-5-7-22-8-6-16)24(20,21)23-10-4-2-1-3-9(10)11(17)18/h1-4H,5-8H2,(H,17,18). The highest BCUT2D eigenvalue weighted by molar-refractivity contribution is 7.89. The van der Waals surface area contributed by atoms with E-state index in [4.69, 9.17) is 9.84 Å². The fraction of sp³-hybridized carbons (Fsp3) is 0.385. The molecule has 0 aromatic heterocycles. The molecule has 0 spiro atoms. The third-order valence-electron chi connectivity index (χ3n) is 3.18. The average molecular weight is 365 g/mol. The zero-order valence-electron chi connectivity index (χ0n) is 12.1. The van der Waals surface area contributed by atoms with E-state index in [1.807, 2.05) is 0 Å². The molecule has 8 nitrogen and oxygen atoms in total. The highest BCUT2D eigenvalue weighted by atomic mass is 32.2. The van der Waals surface area contributed by atoms with Crippen LogP contribution in [0.3, 0.4) is 0 Å². The molecule has 1 aliphatic rings. The molecule has 0 aliphatic carbocycles. The van der Waals surface area contributed by atoms with Gasteiger partial charge in [0.25, 0.3) is 0 Å². The molecule has 0 unspecified atom stereocenters. The third kappa shape index (κ3) is 3.46. The summed E-state index contributed by atoms with van der Waals surface area (Å²) in [5, 5.41) is 4.06. The summed E-state index contributed by atoms with van der Waals surface area (Å²) in [4.78, 5) is 23.5. The van der Waals surface area contributed by atoms with Gasteiger partial charge in [-0.2, -0.15) is 17.2 Å². The number of carbonyl (C=O) groups excluding carboxylic acids is 1. The number of aromatic carboxylic acids is 1. The predicted molar refractivity (Wildman–Crippen MR) is 75.3 cm³/mol. The SMILES string of the molecule is O=C(O)c1ccccc1OS(=O)(=O)C(F)(F)C(=O)N1CCOCC1. The van der Waals surface area contributed by atoms with E-state index in [0.29, 0.717) is 4.90 Å². The number of amides is 1. The quantitative estimate of drug-likeness (QED) is 0.759. The van der Waals surface area contributed by atoms with Crippen LogP contribution in [-0.4, -0.2) is 61.9 Å². The molecule has 1 N–H and O–H groups in total. The molecular formula is C13H13F2NO7S. The van der Waals surface area contributed by atoms with Crippen molar-refractivity contribution in [2.45, 2.75) is 5.25 Å². The Morgan fingerprint density at radius 3 is 2.38 bits per heavy atom. The van der Waals surface area contributed by atoms with Crippen molar-refractivity contribution in [1.29, 1.82) is 0 Å². The molecule has 24 heavy (non-hydrogen) atoms. The highest BCUT2D eigenvalue weighted by Crippen LogP contribution is 2.30. The molecule has 0 saturated carbocycles. The first-order valence-corrected chi connectivity index (χ1v) is 8.09. The van der Waals surface area contributed by atoms with Crippen molar-refractivity contribution in [3.05, 3.63) is 29.8 Å². The average Bonchev–Trinajstić information content (AvgIpc) is 2.54. The summed E-state index contributed by atoms with van der Waals surface area (Å²) in [6.07, 6.45) is 0. The number of carbonyl (C=O) groups is 2. The molecule has 11 heteroatoms. The summed E-state index contributed by atoms with van der Waals surface area (Å²) >= 11 is 0. The Bertz CT molecular complexity index is 744. The largest absolute Gasteiger partial charge is 0.478 e. The van der Waals surface area contributed by atoms with Gasteiger partial charge >= 0.3 is 27.2 Å². The third-order valence-corrected chi connectivity index (χ3v) is 4.38. The molecule has 1 saturated heterocycles. The van der Waals surface area contributed by atoms with Crippen molar-refractivity contribution in [3.63, 3.8) is 0 Å². The van der Waals surface area contributed by atoms with Crippen LogP contribution in [0, 0.1) is 0 Å². The second-order valence-electron chi connectivity index (χ2n) is 4.76. The topological polar surface area (TPSA) is 110 Å². The molecule has 1 fully saturated rings. The first kappa shape index (κ1) is 18.1. The number of halogens is 2. The normalized spacial score (nSPS) is 15.8. The van der Waals surface area contributed by atoms with E-state index in [1.165, 1.54) is 12.1 Å². The molecule has 2 rings (SSSR count). The minimum absolute atomic E-state index is 0.00454. The Balaban J connectivity index is 2.28. The van der Waals surface area contributed by atoms with Crippen LogP contribution in [0.15, 0.2) is 24.3 Å². The number of alkyl halides is 2. The monoisotopic (exact) mass is 365 g/mol. The first-order chi connectivity index (χ1) is 11.2. The zero-order chi connectivity index (χ0) is 18.0. The fourth-order valence-electron chi connectivity index (χ4n) is 1.94. The Labute approximate surface area is 135 Å². The second kappa shape index (κ2) is 6.69. The summed E-state index contributed by atoms with van der Waals surface area (Å²) in [6.45, 7) is -0.361. The minimum Gasteiger partial charge on any atom is -0.478 e. The van der Waals surface area contributed by atoms with Crippen molar-refractivity contribution >= 4 is 22.0 Å². The van der Waals surface area contributed by atoms with Crippen LogP contribution in [0.25, 0.3) is 0 Å². The summed E-state index contributed by atoms with van der Waals surface area (Å²) in [5.74, 6) is -4.32. The summed E-state index contributed by atoms with van der Waals surface area (Å²) in [7, 11) is -5.75.